The minimum atomic E-state index is -6.36. The predicted molar refractivity (Wildman–Crippen MR) is 57.0 cm³/mol. The average Bonchev–Trinajstić information content (AvgIpc) is 2.34. The van der Waals surface area contributed by atoms with Crippen molar-refractivity contribution >= 4 is 11.6 Å². The molecule has 1 amide bonds. The van der Waals surface area contributed by atoms with E-state index in [1.165, 1.54) is 24.3 Å². The number of para-hydroxylation sites is 1. The SMILES string of the molecule is O=C(COC(F)(C(F)(F)F)C(F)(F)F)Nc1ccccc1. The summed E-state index contributed by atoms with van der Waals surface area (Å²) in [7, 11) is 0. The van der Waals surface area contributed by atoms with Crippen LogP contribution in [-0.4, -0.2) is 30.7 Å². The van der Waals surface area contributed by atoms with E-state index in [1.807, 2.05) is 5.32 Å². The Morgan fingerprint density at radius 3 is 1.86 bits per heavy atom. The molecule has 1 rings (SSSR count). The summed E-state index contributed by atoms with van der Waals surface area (Å²) >= 11 is 0. The van der Waals surface area contributed by atoms with E-state index in [0.29, 0.717) is 0 Å². The molecule has 0 atom stereocenters. The highest BCUT2D eigenvalue weighted by Crippen LogP contribution is 2.46. The van der Waals surface area contributed by atoms with Gasteiger partial charge in [0.2, 0.25) is 0 Å². The Labute approximate surface area is 113 Å². The van der Waals surface area contributed by atoms with Crippen molar-refractivity contribution in [3.8, 4) is 0 Å². The van der Waals surface area contributed by atoms with Gasteiger partial charge in [-0.3, -0.25) is 4.79 Å². The third-order valence-corrected chi connectivity index (χ3v) is 2.19. The number of carbonyl (C=O) groups is 1. The zero-order valence-corrected chi connectivity index (χ0v) is 10.1. The van der Waals surface area contributed by atoms with Gasteiger partial charge in [-0.2, -0.15) is 30.7 Å². The average molecular weight is 319 g/mol. The topological polar surface area (TPSA) is 38.3 Å². The molecule has 0 saturated carbocycles. The van der Waals surface area contributed by atoms with Gasteiger partial charge in [0.15, 0.2) is 0 Å². The van der Waals surface area contributed by atoms with Crippen LogP contribution >= 0.6 is 0 Å². The number of amides is 1. The molecule has 0 fully saturated rings. The third-order valence-electron chi connectivity index (χ3n) is 2.19. The number of carbonyl (C=O) groups excluding carboxylic acids is 1. The summed E-state index contributed by atoms with van der Waals surface area (Å²) in [6.45, 7) is -1.76. The summed E-state index contributed by atoms with van der Waals surface area (Å²) in [5.74, 6) is -7.27. The summed E-state index contributed by atoms with van der Waals surface area (Å²) in [6, 6.07) is 7.14. The molecule has 1 N–H and O–H groups in total. The largest absolute Gasteiger partial charge is 0.458 e. The van der Waals surface area contributed by atoms with E-state index in [1.54, 1.807) is 6.07 Å². The fraction of sp³-hybridized carbons (Fsp3) is 0.364. The first-order valence-corrected chi connectivity index (χ1v) is 5.28. The highest BCUT2D eigenvalue weighted by molar-refractivity contribution is 5.91. The second-order valence-electron chi connectivity index (χ2n) is 3.79. The van der Waals surface area contributed by atoms with Crippen LogP contribution in [0.15, 0.2) is 30.3 Å². The molecule has 21 heavy (non-hydrogen) atoms. The summed E-state index contributed by atoms with van der Waals surface area (Å²) in [4.78, 5) is 11.2. The Hall–Kier alpha value is -1.84. The highest BCUT2D eigenvalue weighted by Gasteiger charge is 2.74. The smallest absolute Gasteiger partial charge is 0.324 e. The maximum absolute atomic E-state index is 13.1. The van der Waals surface area contributed by atoms with Crippen molar-refractivity contribution in [3.05, 3.63) is 30.3 Å². The summed E-state index contributed by atoms with van der Waals surface area (Å²) in [5.41, 5.74) is 0.106. The van der Waals surface area contributed by atoms with Crippen molar-refractivity contribution < 1.29 is 40.3 Å². The molecule has 0 heterocycles. The maximum atomic E-state index is 13.1. The zero-order valence-electron chi connectivity index (χ0n) is 10.1. The lowest BCUT2D eigenvalue weighted by Crippen LogP contribution is -2.56. The zero-order chi connectivity index (χ0) is 16.3. The van der Waals surface area contributed by atoms with Crippen LogP contribution in [0.25, 0.3) is 0 Å². The Kier molecular flexibility index (Phi) is 4.82. The van der Waals surface area contributed by atoms with Gasteiger partial charge in [0.25, 0.3) is 5.91 Å². The Bertz CT molecular complexity index is 470. The lowest BCUT2D eigenvalue weighted by atomic mass is 10.3. The second-order valence-corrected chi connectivity index (χ2v) is 3.79. The van der Waals surface area contributed by atoms with Crippen molar-refractivity contribution in [1.29, 1.82) is 0 Å². The molecule has 0 aliphatic heterocycles. The maximum Gasteiger partial charge on any atom is 0.458 e. The first-order valence-electron chi connectivity index (χ1n) is 5.28. The monoisotopic (exact) mass is 319 g/mol. The van der Waals surface area contributed by atoms with E-state index >= 15 is 0 Å². The van der Waals surface area contributed by atoms with Gasteiger partial charge in [0.1, 0.15) is 6.61 Å². The van der Waals surface area contributed by atoms with Crippen LogP contribution < -0.4 is 5.32 Å². The number of alkyl halides is 7. The van der Waals surface area contributed by atoms with Gasteiger partial charge in [-0.25, -0.2) is 0 Å². The van der Waals surface area contributed by atoms with Crippen molar-refractivity contribution in [3.63, 3.8) is 0 Å². The minimum Gasteiger partial charge on any atom is -0.324 e. The van der Waals surface area contributed by atoms with Gasteiger partial charge in [-0.1, -0.05) is 18.2 Å². The third kappa shape index (κ3) is 4.06. The first kappa shape index (κ1) is 17.2. The van der Waals surface area contributed by atoms with E-state index in [2.05, 4.69) is 4.74 Å². The van der Waals surface area contributed by atoms with E-state index in [0.717, 1.165) is 0 Å². The van der Waals surface area contributed by atoms with E-state index in [4.69, 9.17) is 0 Å². The quantitative estimate of drug-likeness (QED) is 0.864. The molecule has 10 heteroatoms. The molecule has 118 valence electrons. The Morgan fingerprint density at radius 2 is 1.43 bits per heavy atom. The molecular formula is C11H8F7NO2. The number of benzene rings is 1. The van der Waals surface area contributed by atoms with Crippen LogP contribution in [0, 0.1) is 0 Å². The van der Waals surface area contributed by atoms with Gasteiger partial charge < -0.3 is 10.1 Å². The summed E-state index contributed by atoms with van der Waals surface area (Å²) in [5, 5.41) is 1.95. The number of hydrogen-bond donors (Lipinski definition) is 1. The van der Waals surface area contributed by atoms with Crippen LogP contribution in [0.1, 0.15) is 0 Å². The van der Waals surface area contributed by atoms with E-state index in [-0.39, 0.29) is 5.69 Å². The number of ether oxygens (including phenoxy) is 1. The van der Waals surface area contributed by atoms with Crippen molar-refractivity contribution in [2.75, 3.05) is 11.9 Å². The van der Waals surface area contributed by atoms with Gasteiger partial charge in [0.05, 0.1) is 0 Å². The molecule has 1 aromatic carbocycles. The number of hydrogen-bond acceptors (Lipinski definition) is 2. The van der Waals surface area contributed by atoms with Gasteiger partial charge >= 0.3 is 18.2 Å². The molecule has 0 unspecified atom stereocenters. The molecule has 0 spiro atoms. The lowest BCUT2D eigenvalue weighted by Gasteiger charge is -2.29. The predicted octanol–water partition coefficient (Wildman–Crippen LogP) is 3.43. The summed E-state index contributed by atoms with van der Waals surface area (Å²) in [6.07, 6.45) is -12.7. The number of nitrogens with one attached hydrogen (secondary N) is 1. The van der Waals surface area contributed by atoms with Crippen LogP contribution in [0.3, 0.4) is 0 Å². The van der Waals surface area contributed by atoms with E-state index < -0.39 is 30.7 Å². The number of anilines is 1. The van der Waals surface area contributed by atoms with Crippen LogP contribution in [0.5, 0.6) is 0 Å². The number of rotatable bonds is 4. The van der Waals surface area contributed by atoms with Crippen LogP contribution in [-0.2, 0) is 9.53 Å². The molecule has 0 aliphatic rings. The Morgan fingerprint density at radius 1 is 0.952 bits per heavy atom. The molecule has 3 nitrogen and oxygen atoms in total. The molecule has 0 aromatic heterocycles. The first-order chi connectivity index (χ1) is 9.47. The lowest BCUT2D eigenvalue weighted by molar-refractivity contribution is -0.427. The van der Waals surface area contributed by atoms with Crippen molar-refractivity contribution in [2.45, 2.75) is 18.2 Å². The fourth-order valence-electron chi connectivity index (χ4n) is 1.21. The number of halogens is 7. The van der Waals surface area contributed by atoms with Gasteiger partial charge in [-0.15, -0.1) is 0 Å². The van der Waals surface area contributed by atoms with Crippen molar-refractivity contribution in [2.24, 2.45) is 0 Å². The van der Waals surface area contributed by atoms with Crippen molar-refractivity contribution in [1.82, 2.24) is 0 Å². The summed E-state index contributed by atoms with van der Waals surface area (Å²) < 4.78 is 89.0. The van der Waals surface area contributed by atoms with E-state index in [9.17, 15) is 35.5 Å². The molecule has 0 aliphatic carbocycles. The van der Waals surface area contributed by atoms with Gasteiger partial charge in [0, 0.05) is 5.69 Å². The normalized spacial score (nSPS) is 13.1. The molecule has 1 aromatic rings. The standard InChI is InChI=1S/C11H8F7NO2/c12-9(10(13,14)15,11(16,17)18)21-6-8(20)19-7-4-2-1-3-5-7/h1-5H,6H2,(H,19,20). The fourth-order valence-corrected chi connectivity index (χ4v) is 1.21. The Balaban J connectivity index is 2.73. The molecule has 0 saturated heterocycles. The molecular weight excluding hydrogens is 311 g/mol. The molecule has 0 radical (unpaired) electrons. The minimum absolute atomic E-state index is 0.106. The van der Waals surface area contributed by atoms with Gasteiger partial charge in [-0.05, 0) is 12.1 Å². The van der Waals surface area contributed by atoms with Crippen LogP contribution in [0.4, 0.5) is 36.4 Å². The van der Waals surface area contributed by atoms with Crippen LogP contribution in [0.2, 0.25) is 0 Å². The molecule has 0 bridgehead atoms. The second kappa shape index (κ2) is 5.88. The highest BCUT2D eigenvalue weighted by atomic mass is 19.4.